The lowest BCUT2D eigenvalue weighted by Crippen LogP contribution is -2.58. The van der Waals surface area contributed by atoms with E-state index in [4.69, 9.17) is 4.74 Å². The van der Waals surface area contributed by atoms with E-state index in [2.05, 4.69) is 13.8 Å². The number of ether oxygens (including phenoxy) is 1. The number of carboxylic acid groups (broad SMARTS) is 1. The molecule has 3 saturated carbocycles. The van der Waals surface area contributed by atoms with Crippen LogP contribution in [0.1, 0.15) is 78.6 Å². The van der Waals surface area contributed by atoms with E-state index in [-0.39, 0.29) is 53.7 Å². The van der Waals surface area contributed by atoms with Gasteiger partial charge in [-0.25, -0.2) is 0 Å². The van der Waals surface area contributed by atoms with Gasteiger partial charge in [0, 0.05) is 12.8 Å². The Hall–Kier alpha value is -1.69. The SMILES string of the molecule is CCOC(=O)[C@@H]1CC2=CC(=O)CC[C@]2(C)[C@H]2CC[C@@]3(C)[C@@H](CC[C@@]3(O)CCC(=O)O)[C@H]12. The first kappa shape index (κ1) is 22.5. The fourth-order valence-electron chi connectivity index (χ4n) is 7.89. The lowest BCUT2D eigenvalue weighted by Gasteiger charge is -2.60. The number of rotatable bonds is 5. The second kappa shape index (κ2) is 7.72. The van der Waals surface area contributed by atoms with Crippen molar-refractivity contribution in [2.45, 2.75) is 84.2 Å². The van der Waals surface area contributed by atoms with E-state index in [1.54, 1.807) is 6.08 Å². The van der Waals surface area contributed by atoms with Gasteiger partial charge >= 0.3 is 11.9 Å². The Balaban J connectivity index is 1.73. The van der Waals surface area contributed by atoms with Gasteiger partial charge in [0.1, 0.15) is 0 Å². The summed E-state index contributed by atoms with van der Waals surface area (Å²) in [6.07, 6.45) is 7.02. The van der Waals surface area contributed by atoms with Gasteiger partial charge in [-0.15, -0.1) is 0 Å². The molecule has 172 valence electrons. The first-order valence-corrected chi connectivity index (χ1v) is 11.9. The van der Waals surface area contributed by atoms with Crippen molar-refractivity contribution in [3.8, 4) is 0 Å². The number of carbonyl (C=O) groups is 3. The largest absolute Gasteiger partial charge is 0.481 e. The highest BCUT2D eigenvalue weighted by Gasteiger charge is 2.66. The van der Waals surface area contributed by atoms with Crippen molar-refractivity contribution < 1.29 is 29.3 Å². The minimum absolute atomic E-state index is 0.0408. The van der Waals surface area contributed by atoms with Crippen molar-refractivity contribution in [2.24, 2.45) is 34.5 Å². The van der Waals surface area contributed by atoms with Gasteiger partial charge in [-0.05, 0) is 86.5 Å². The second-order valence-corrected chi connectivity index (χ2v) is 10.8. The van der Waals surface area contributed by atoms with Crippen LogP contribution in [-0.2, 0) is 19.1 Å². The van der Waals surface area contributed by atoms with Crippen LogP contribution in [-0.4, -0.2) is 40.1 Å². The summed E-state index contributed by atoms with van der Waals surface area (Å²) in [5.74, 6) is -0.717. The molecule has 0 radical (unpaired) electrons. The number of carboxylic acids is 1. The number of esters is 1. The van der Waals surface area contributed by atoms with Crippen LogP contribution in [0.4, 0.5) is 0 Å². The quantitative estimate of drug-likeness (QED) is 0.639. The van der Waals surface area contributed by atoms with Gasteiger partial charge in [0.2, 0.25) is 0 Å². The number of fused-ring (bicyclic) bond motifs is 5. The summed E-state index contributed by atoms with van der Waals surface area (Å²) in [7, 11) is 0. The fourth-order valence-corrected chi connectivity index (χ4v) is 7.89. The average Bonchev–Trinajstić information content (AvgIpc) is 2.98. The third-order valence-electron chi connectivity index (χ3n) is 9.68. The molecular weight excluding hydrogens is 396 g/mol. The van der Waals surface area contributed by atoms with E-state index in [1.807, 2.05) is 6.92 Å². The first-order chi connectivity index (χ1) is 14.6. The predicted molar refractivity (Wildman–Crippen MR) is 114 cm³/mol. The molecule has 7 atom stereocenters. The maximum absolute atomic E-state index is 13.1. The average molecular weight is 433 g/mol. The number of carbonyl (C=O) groups excluding carboxylic acids is 2. The smallest absolute Gasteiger partial charge is 0.309 e. The van der Waals surface area contributed by atoms with Crippen molar-refractivity contribution in [1.82, 2.24) is 0 Å². The molecule has 6 nitrogen and oxygen atoms in total. The maximum atomic E-state index is 13.1. The minimum Gasteiger partial charge on any atom is -0.481 e. The highest BCUT2D eigenvalue weighted by Crippen LogP contribution is 2.69. The summed E-state index contributed by atoms with van der Waals surface area (Å²) < 4.78 is 5.49. The third-order valence-corrected chi connectivity index (χ3v) is 9.68. The van der Waals surface area contributed by atoms with Crippen LogP contribution in [0.3, 0.4) is 0 Å². The number of allylic oxidation sites excluding steroid dienone is 1. The molecule has 0 aromatic carbocycles. The van der Waals surface area contributed by atoms with Crippen LogP contribution >= 0.6 is 0 Å². The van der Waals surface area contributed by atoms with Gasteiger partial charge in [-0.1, -0.05) is 19.4 Å². The van der Waals surface area contributed by atoms with E-state index >= 15 is 0 Å². The van der Waals surface area contributed by atoms with Gasteiger partial charge in [0.25, 0.3) is 0 Å². The molecule has 0 aliphatic heterocycles. The van der Waals surface area contributed by atoms with Gasteiger partial charge in [-0.2, -0.15) is 0 Å². The number of hydrogen-bond donors (Lipinski definition) is 2. The molecule has 0 aromatic heterocycles. The molecule has 6 heteroatoms. The maximum Gasteiger partial charge on any atom is 0.309 e. The van der Waals surface area contributed by atoms with Crippen LogP contribution in [0.5, 0.6) is 0 Å². The Labute approximate surface area is 184 Å². The van der Waals surface area contributed by atoms with Crippen molar-refractivity contribution >= 4 is 17.7 Å². The summed E-state index contributed by atoms with van der Waals surface area (Å²) in [6, 6.07) is 0. The highest BCUT2D eigenvalue weighted by molar-refractivity contribution is 5.92. The topological polar surface area (TPSA) is 101 Å². The van der Waals surface area contributed by atoms with Gasteiger partial charge in [-0.3, -0.25) is 14.4 Å². The molecule has 0 saturated heterocycles. The van der Waals surface area contributed by atoms with E-state index in [0.717, 1.165) is 31.3 Å². The van der Waals surface area contributed by atoms with Gasteiger partial charge < -0.3 is 14.9 Å². The molecule has 2 N–H and O–H groups in total. The van der Waals surface area contributed by atoms with Crippen molar-refractivity contribution in [1.29, 1.82) is 0 Å². The summed E-state index contributed by atoms with van der Waals surface area (Å²) in [6.45, 7) is 6.52. The Morgan fingerprint density at radius 2 is 1.87 bits per heavy atom. The van der Waals surface area contributed by atoms with E-state index < -0.39 is 17.0 Å². The lowest BCUT2D eigenvalue weighted by molar-refractivity contribution is -0.170. The monoisotopic (exact) mass is 432 g/mol. The molecule has 4 aliphatic carbocycles. The standard InChI is InChI=1S/C25H36O6/c1-4-31-22(29)17-14-15-13-16(26)5-9-23(15,2)18-6-10-24(3)19(21(17)18)7-11-25(24,30)12-8-20(27)28/h13,17-19,21,30H,4-12,14H2,1-3H3,(H,27,28)/t17-,18+,19+,21-,23+,24+,25-/m1/s1. The molecule has 0 unspecified atom stereocenters. The lowest BCUT2D eigenvalue weighted by atomic mass is 9.44. The van der Waals surface area contributed by atoms with E-state index in [9.17, 15) is 24.6 Å². The van der Waals surface area contributed by atoms with Crippen molar-refractivity contribution in [2.75, 3.05) is 6.61 Å². The first-order valence-electron chi connectivity index (χ1n) is 11.9. The van der Waals surface area contributed by atoms with E-state index in [0.29, 0.717) is 25.9 Å². The van der Waals surface area contributed by atoms with E-state index in [1.165, 1.54) is 0 Å². The van der Waals surface area contributed by atoms with Crippen LogP contribution in [0, 0.1) is 34.5 Å². The number of ketones is 1. The Kier molecular flexibility index (Phi) is 5.60. The normalized spacial score (nSPS) is 44.0. The third kappa shape index (κ3) is 3.37. The van der Waals surface area contributed by atoms with Crippen molar-refractivity contribution in [3.63, 3.8) is 0 Å². The molecule has 4 rings (SSSR count). The van der Waals surface area contributed by atoms with Crippen LogP contribution in [0.15, 0.2) is 11.6 Å². The predicted octanol–water partition coefficient (Wildman–Crippen LogP) is 3.90. The molecule has 4 aliphatic rings. The zero-order chi connectivity index (χ0) is 22.6. The zero-order valence-corrected chi connectivity index (χ0v) is 19.0. The summed E-state index contributed by atoms with van der Waals surface area (Å²) in [5, 5.41) is 20.8. The molecule has 0 heterocycles. The van der Waals surface area contributed by atoms with Crippen LogP contribution in [0.25, 0.3) is 0 Å². The molecule has 0 aromatic rings. The van der Waals surface area contributed by atoms with Gasteiger partial charge in [0.15, 0.2) is 5.78 Å². The molecule has 0 bridgehead atoms. The molecular formula is C25H36O6. The molecule has 31 heavy (non-hydrogen) atoms. The number of aliphatic hydroxyl groups is 1. The summed E-state index contributed by atoms with van der Waals surface area (Å²) >= 11 is 0. The van der Waals surface area contributed by atoms with Crippen molar-refractivity contribution in [3.05, 3.63) is 11.6 Å². The fraction of sp³-hybridized carbons (Fsp3) is 0.800. The molecule has 0 spiro atoms. The minimum atomic E-state index is -1.01. The highest BCUT2D eigenvalue weighted by atomic mass is 16.5. The molecule has 0 amide bonds. The Morgan fingerprint density at radius 3 is 2.55 bits per heavy atom. The number of hydrogen-bond acceptors (Lipinski definition) is 5. The molecule has 3 fully saturated rings. The van der Waals surface area contributed by atoms with Crippen LogP contribution < -0.4 is 0 Å². The summed E-state index contributed by atoms with van der Waals surface area (Å²) in [4.78, 5) is 36.5. The van der Waals surface area contributed by atoms with Gasteiger partial charge in [0.05, 0.1) is 18.1 Å². The van der Waals surface area contributed by atoms with Crippen LogP contribution in [0.2, 0.25) is 0 Å². The Bertz CT molecular complexity index is 817. The number of aliphatic carboxylic acids is 1. The second-order valence-electron chi connectivity index (χ2n) is 10.8. The zero-order valence-electron chi connectivity index (χ0n) is 19.0. The summed E-state index contributed by atoms with van der Waals surface area (Å²) in [5.41, 5.74) is -0.410. The Morgan fingerprint density at radius 1 is 1.16 bits per heavy atom.